The van der Waals surface area contributed by atoms with Crippen LogP contribution in [0, 0.1) is 0 Å². The molecule has 1 amide bonds. The van der Waals surface area contributed by atoms with Gasteiger partial charge in [0.15, 0.2) is 16.7 Å². The summed E-state index contributed by atoms with van der Waals surface area (Å²) >= 11 is 1.61. The number of aromatic nitrogens is 2. The number of thioether (sulfide) groups is 1. The van der Waals surface area contributed by atoms with Gasteiger partial charge < -0.3 is 18.9 Å². The molecule has 1 fully saturated rings. The van der Waals surface area contributed by atoms with Gasteiger partial charge in [0, 0.05) is 18.8 Å². The van der Waals surface area contributed by atoms with Crippen LogP contribution in [-0.2, 0) is 11.3 Å². The number of amides is 1. The summed E-state index contributed by atoms with van der Waals surface area (Å²) < 4.78 is 13.3. The van der Waals surface area contributed by atoms with E-state index in [-0.39, 0.29) is 5.91 Å². The molecule has 1 aliphatic rings. The summed E-state index contributed by atoms with van der Waals surface area (Å²) in [5.74, 6) is 2.36. The minimum atomic E-state index is 0.178. The molecule has 2 aromatic carbocycles. The summed E-state index contributed by atoms with van der Waals surface area (Å²) in [6.45, 7) is 2.58. The van der Waals surface area contributed by atoms with Gasteiger partial charge in [-0.3, -0.25) is 4.79 Å². The van der Waals surface area contributed by atoms with Crippen molar-refractivity contribution in [3.8, 4) is 11.5 Å². The van der Waals surface area contributed by atoms with Crippen LogP contribution in [0.1, 0.15) is 25.7 Å². The maximum Gasteiger partial charge on any atom is 0.242 e. The van der Waals surface area contributed by atoms with Crippen LogP contribution in [0.3, 0.4) is 0 Å². The molecule has 4 rings (SSSR count). The number of para-hydroxylation sites is 4. The third kappa shape index (κ3) is 5.34. The zero-order chi connectivity index (χ0) is 21.5. The number of methoxy groups -OCH3 is 1. The van der Waals surface area contributed by atoms with Crippen molar-refractivity contribution >= 4 is 28.7 Å². The maximum atomic E-state index is 13.0. The van der Waals surface area contributed by atoms with Crippen LogP contribution in [0.25, 0.3) is 11.0 Å². The first kappa shape index (κ1) is 21.6. The van der Waals surface area contributed by atoms with Crippen LogP contribution in [0.4, 0.5) is 0 Å². The highest BCUT2D eigenvalue weighted by Gasteiger charge is 2.19. The SMILES string of the molecule is COc1ccccc1OCCSc1nc2ccccc2n1CC(=O)N1CCCCCC1. The zero-order valence-corrected chi connectivity index (χ0v) is 18.8. The first-order valence-corrected chi connectivity index (χ1v) is 11.9. The van der Waals surface area contributed by atoms with Crippen molar-refractivity contribution < 1.29 is 14.3 Å². The second kappa shape index (κ2) is 10.6. The topological polar surface area (TPSA) is 56.6 Å². The minimum absolute atomic E-state index is 0.178. The standard InChI is InChI=1S/C24H29N3O3S/c1-29-21-12-6-7-13-22(21)30-16-17-31-24-25-19-10-4-5-11-20(19)27(24)18-23(28)26-14-8-2-3-9-15-26/h4-7,10-13H,2-3,8-9,14-18H2,1H3. The summed E-state index contributed by atoms with van der Waals surface area (Å²) in [6, 6.07) is 15.6. The Balaban J connectivity index is 1.44. The third-order valence-corrected chi connectivity index (χ3v) is 6.45. The van der Waals surface area contributed by atoms with E-state index < -0.39 is 0 Å². The molecule has 0 unspecified atom stereocenters. The molecule has 1 saturated heterocycles. The normalized spacial score (nSPS) is 14.4. The lowest BCUT2D eigenvalue weighted by atomic mass is 10.2. The van der Waals surface area contributed by atoms with Gasteiger partial charge in [0.25, 0.3) is 0 Å². The molecule has 31 heavy (non-hydrogen) atoms. The highest BCUT2D eigenvalue weighted by atomic mass is 32.2. The number of carbonyl (C=O) groups excluding carboxylic acids is 1. The van der Waals surface area contributed by atoms with Gasteiger partial charge in [0.05, 0.1) is 24.8 Å². The zero-order valence-electron chi connectivity index (χ0n) is 18.0. The van der Waals surface area contributed by atoms with Crippen LogP contribution in [-0.4, -0.2) is 52.9 Å². The van der Waals surface area contributed by atoms with Gasteiger partial charge in [-0.1, -0.05) is 48.9 Å². The highest BCUT2D eigenvalue weighted by Crippen LogP contribution is 2.27. The number of ether oxygens (including phenoxy) is 2. The number of imidazole rings is 1. The highest BCUT2D eigenvalue weighted by molar-refractivity contribution is 7.99. The number of hydrogen-bond acceptors (Lipinski definition) is 5. The van der Waals surface area contributed by atoms with Gasteiger partial charge >= 0.3 is 0 Å². The Bertz CT molecular complexity index is 1010. The number of rotatable bonds is 8. The fraction of sp³-hybridized carbons (Fsp3) is 0.417. The Morgan fingerprint density at radius 3 is 2.48 bits per heavy atom. The van der Waals surface area contributed by atoms with Crippen molar-refractivity contribution in [3.05, 3.63) is 48.5 Å². The van der Waals surface area contributed by atoms with Gasteiger partial charge in [-0.15, -0.1) is 0 Å². The Kier molecular flexibility index (Phi) is 7.35. The Labute approximate surface area is 187 Å². The van der Waals surface area contributed by atoms with Crippen LogP contribution < -0.4 is 9.47 Å². The maximum absolute atomic E-state index is 13.0. The van der Waals surface area contributed by atoms with E-state index in [0.717, 1.165) is 59.4 Å². The van der Waals surface area contributed by atoms with Gasteiger partial charge in [0.1, 0.15) is 6.54 Å². The van der Waals surface area contributed by atoms with Crippen LogP contribution >= 0.6 is 11.8 Å². The molecule has 0 spiro atoms. The van der Waals surface area contributed by atoms with E-state index in [1.54, 1.807) is 18.9 Å². The van der Waals surface area contributed by atoms with E-state index >= 15 is 0 Å². The third-order valence-electron chi connectivity index (χ3n) is 5.51. The predicted octanol–water partition coefficient (Wildman–Crippen LogP) is 4.62. The number of likely N-dealkylation sites (tertiary alicyclic amines) is 1. The van der Waals surface area contributed by atoms with Crippen molar-refractivity contribution in [2.45, 2.75) is 37.4 Å². The molecule has 0 atom stereocenters. The van der Waals surface area contributed by atoms with Gasteiger partial charge in [-0.2, -0.15) is 0 Å². The number of fused-ring (bicyclic) bond motifs is 1. The predicted molar refractivity (Wildman–Crippen MR) is 124 cm³/mol. The molecule has 0 bridgehead atoms. The Morgan fingerprint density at radius 1 is 1.00 bits per heavy atom. The number of benzene rings is 2. The molecular weight excluding hydrogens is 410 g/mol. The molecule has 0 N–H and O–H groups in total. The fourth-order valence-corrected chi connectivity index (χ4v) is 4.73. The fourth-order valence-electron chi connectivity index (χ4n) is 3.89. The lowest BCUT2D eigenvalue weighted by molar-refractivity contribution is -0.131. The smallest absolute Gasteiger partial charge is 0.242 e. The molecule has 0 aliphatic carbocycles. The monoisotopic (exact) mass is 439 g/mol. The van der Waals surface area contributed by atoms with E-state index in [4.69, 9.17) is 14.5 Å². The van der Waals surface area contributed by atoms with Crippen molar-refractivity contribution in [2.75, 3.05) is 32.6 Å². The van der Waals surface area contributed by atoms with Crippen LogP contribution in [0.5, 0.6) is 11.5 Å². The van der Waals surface area contributed by atoms with Crippen LogP contribution in [0.15, 0.2) is 53.7 Å². The first-order chi connectivity index (χ1) is 15.3. The average Bonchev–Trinajstić information content (AvgIpc) is 2.96. The van der Waals surface area contributed by atoms with Crippen molar-refractivity contribution in [3.63, 3.8) is 0 Å². The lowest BCUT2D eigenvalue weighted by Crippen LogP contribution is -2.34. The van der Waals surface area contributed by atoms with Crippen LogP contribution in [0.2, 0.25) is 0 Å². The second-order valence-electron chi connectivity index (χ2n) is 7.61. The molecule has 0 radical (unpaired) electrons. The number of carbonyl (C=O) groups is 1. The molecule has 7 heteroatoms. The van der Waals surface area contributed by atoms with Crippen molar-refractivity contribution in [1.82, 2.24) is 14.5 Å². The molecule has 164 valence electrons. The second-order valence-corrected chi connectivity index (χ2v) is 8.67. The molecule has 6 nitrogen and oxygen atoms in total. The van der Waals surface area contributed by atoms with E-state index in [2.05, 4.69) is 4.57 Å². The largest absolute Gasteiger partial charge is 0.493 e. The van der Waals surface area contributed by atoms with E-state index in [1.807, 2.05) is 53.4 Å². The average molecular weight is 440 g/mol. The number of nitrogens with zero attached hydrogens (tertiary/aromatic N) is 3. The van der Waals surface area contributed by atoms with E-state index in [9.17, 15) is 4.79 Å². The molecule has 0 saturated carbocycles. The van der Waals surface area contributed by atoms with Gasteiger partial charge in [0.2, 0.25) is 5.91 Å². The summed E-state index contributed by atoms with van der Waals surface area (Å²) in [5.41, 5.74) is 1.91. The molecule has 2 heterocycles. The minimum Gasteiger partial charge on any atom is -0.493 e. The summed E-state index contributed by atoms with van der Waals surface area (Å²) in [7, 11) is 1.64. The molecule has 1 aromatic heterocycles. The Hall–Kier alpha value is -2.67. The van der Waals surface area contributed by atoms with Gasteiger partial charge in [-0.25, -0.2) is 4.98 Å². The van der Waals surface area contributed by atoms with E-state index in [1.165, 1.54) is 12.8 Å². The summed E-state index contributed by atoms with van der Waals surface area (Å²) in [6.07, 6.45) is 4.62. The summed E-state index contributed by atoms with van der Waals surface area (Å²) in [5, 5.41) is 0.855. The lowest BCUT2D eigenvalue weighted by Gasteiger charge is -2.21. The van der Waals surface area contributed by atoms with Crippen molar-refractivity contribution in [2.24, 2.45) is 0 Å². The van der Waals surface area contributed by atoms with Crippen molar-refractivity contribution in [1.29, 1.82) is 0 Å². The quantitative estimate of drug-likeness (QED) is 0.379. The summed E-state index contributed by atoms with van der Waals surface area (Å²) in [4.78, 5) is 19.8. The Morgan fingerprint density at radius 2 is 1.71 bits per heavy atom. The number of hydrogen-bond donors (Lipinski definition) is 0. The molecule has 3 aromatic rings. The molecule has 1 aliphatic heterocycles. The molecular formula is C24H29N3O3S. The van der Waals surface area contributed by atoms with E-state index in [0.29, 0.717) is 13.2 Å². The van der Waals surface area contributed by atoms with Gasteiger partial charge in [-0.05, 0) is 37.1 Å². The first-order valence-electron chi connectivity index (χ1n) is 10.9.